The van der Waals surface area contributed by atoms with Crippen molar-refractivity contribution in [2.75, 3.05) is 7.11 Å². The van der Waals surface area contributed by atoms with Crippen LogP contribution in [0.4, 0.5) is 0 Å². The highest BCUT2D eigenvalue weighted by atomic mass is 28.4. The minimum Gasteiger partial charge on any atom is -0.469 e. The Balaban J connectivity index is 2.63. The lowest BCUT2D eigenvalue weighted by Crippen LogP contribution is -2.40. The molecule has 0 N–H and O–H groups in total. The number of methoxy groups -OCH3 is 1. The minimum absolute atomic E-state index is 0.256. The van der Waals surface area contributed by atoms with Crippen LogP contribution in [0.5, 0.6) is 0 Å². The van der Waals surface area contributed by atoms with Gasteiger partial charge in [0.05, 0.1) is 18.6 Å². The third-order valence-corrected chi connectivity index (χ3v) is 4.89. The zero-order valence-corrected chi connectivity index (χ0v) is 15.8. The van der Waals surface area contributed by atoms with Crippen molar-refractivity contribution < 1.29 is 14.0 Å². The van der Waals surface area contributed by atoms with Gasteiger partial charge in [-0.25, -0.2) is 0 Å². The summed E-state index contributed by atoms with van der Waals surface area (Å²) < 4.78 is 11.5. The van der Waals surface area contributed by atoms with Crippen molar-refractivity contribution in [3.63, 3.8) is 0 Å². The second kappa shape index (κ2) is 6.46. The summed E-state index contributed by atoms with van der Waals surface area (Å²) in [6.45, 7) is 10.2. The molecule has 0 saturated carbocycles. The van der Waals surface area contributed by atoms with E-state index < -0.39 is 13.7 Å². The summed E-state index contributed by atoms with van der Waals surface area (Å²) in [5, 5.41) is 2.27. The molecule has 3 nitrogen and oxygen atoms in total. The Bertz CT molecular complexity index is 696. The third kappa shape index (κ3) is 3.82. The van der Waals surface area contributed by atoms with Crippen molar-refractivity contribution in [2.24, 2.45) is 5.41 Å². The first-order valence-electron chi connectivity index (χ1n) is 7.91. The number of ether oxygens (including phenoxy) is 1. The van der Waals surface area contributed by atoms with Crippen molar-refractivity contribution in [1.29, 1.82) is 0 Å². The van der Waals surface area contributed by atoms with Gasteiger partial charge in [0, 0.05) is 0 Å². The average Bonchev–Trinajstić information content (AvgIpc) is 2.50. The molecule has 0 aliphatic heterocycles. The van der Waals surface area contributed by atoms with E-state index in [9.17, 15) is 4.79 Å². The van der Waals surface area contributed by atoms with Gasteiger partial charge in [-0.3, -0.25) is 4.79 Å². The van der Waals surface area contributed by atoms with Crippen LogP contribution in [-0.4, -0.2) is 21.4 Å². The van der Waals surface area contributed by atoms with Gasteiger partial charge < -0.3 is 9.16 Å². The number of hydrogen-bond donors (Lipinski definition) is 0. The molecule has 0 saturated heterocycles. The predicted molar refractivity (Wildman–Crippen MR) is 96.9 cm³/mol. The molecule has 2 rings (SSSR count). The van der Waals surface area contributed by atoms with Gasteiger partial charge in [-0.2, -0.15) is 0 Å². The smallest absolute Gasteiger partial charge is 0.314 e. The van der Waals surface area contributed by atoms with E-state index in [1.807, 2.05) is 32.0 Å². The Labute approximate surface area is 139 Å². The summed E-state index contributed by atoms with van der Waals surface area (Å²) in [5.41, 5.74) is 0.278. The average molecular weight is 331 g/mol. The highest BCUT2D eigenvalue weighted by Gasteiger charge is 2.42. The zero-order chi connectivity index (χ0) is 17.3. The lowest BCUT2D eigenvalue weighted by atomic mass is 9.81. The van der Waals surface area contributed by atoms with E-state index >= 15 is 0 Å². The molecule has 0 amide bonds. The molecular formula is C19H26O3Si. The number of carbonyl (C=O) groups is 1. The van der Waals surface area contributed by atoms with Gasteiger partial charge in [0.25, 0.3) is 0 Å². The first-order chi connectivity index (χ1) is 10.7. The number of rotatable bonds is 5. The largest absolute Gasteiger partial charge is 0.469 e. The number of fused-ring (bicyclic) bond motifs is 1. The molecule has 0 bridgehead atoms. The standard InChI is InChI=1S/C19H26O3Si/c1-19(2,18(20)21-3)17(22-23(4,5)6)16-13-9-11-14-10-7-8-12-15(14)16/h7-13,17H,1-6H3. The third-order valence-electron chi connectivity index (χ3n) is 3.94. The van der Waals surface area contributed by atoms with Gasteiger partial charge >= 0.3 is 5.97 Å². The Morgan fingerprint density at radius 1 is 1.04 bits per heavy atom. The van der Waals surface area contributed by atoms with Crippen LogP contribution in [0.2, 0.25) is 19.6 Å². The first-order valence-corrected chi connectivity index (χ1v) is 11.3. The highest BCUT2D eigenvalue weighted by molar-refractivity contribution is 6.69. The zero-order valence-electron chi connectivity index (χ0n) is 14.8. The van der Waals surface area contributed by atoms with Crippen molar-refractivity contribution in [1.82, 2.24) is 0 Å². The minimum atomic E-state index is -1.87. The predicted octanol–water partition coefficient (Wildman–Crippen LogP) is 4.93. The molecule has 0 radical (unpaired) electrons. The summed E-state index contributed by atoms with van der Waals surface area (Å²) in [6, 6.07) is 14.3. The van der Waals surface area contributed by atoms with Crippen molar-refractivity contribution >= 4 is 25.1 Å². The number of benzene rings is 2. The maximum atomic E-state index is 12.4. The molecule has 0 aliphatic rings. The van der Waals surface area contributed by atoms with E-state index in [1.54, 1.807) is 0 Å². The molecule has 2 aromatic carbocycles. The van der Waals surface area contributed by atoms with Gasteiger partial charge in [-0.05, 0) is 49.8 Å². The lowest BCUT2D eigenvalue weighted by molar-refractivity contribution is -0.156. The van der Waals surface area contributed by atoms with E-state index in [2.05, 4.69) is 43.9 Å². The normalized spacial score (nSPS) is 13.8. The van der Waals surface area contributed by atoms with E-state index in [1.165, 1.54) is 7.11 Å². The fourth-order valence-corrected chi connectivity index (χ4v) is 3.93. The topological polar surface area (TPSA) is 35.5 Å². The summed E-state index contributed by atoms with van der Waals surface area (Å²) in [6.07, 6.45) is -0.340. The first kappa shape index (κ1) is 17.7. The van der Waals surface area contributed by atoms with E-state index in [0.717, 1.165) is 16.3 Å². The molecule has 124 valence electrons. The van der Waals surface area contributed by atoms with Gasteiger partial charge in [0.15, 0.2) is 8.32 Å². The van der Waals surface area contributed by atoms with Crippen LogP contribution in [-0.2, 0) is 14.0 Å². The van der Waals surface area contributed by atoms with Crippen LogP contribution in [0.3, 0.4) is 0 Å². The summed E-state index contributed by atoms with van der Waals surface area (Å²) in [5.74, 6) is -0.256. The molecular weight excluding hydrogens is 304 g/mol. The maximum absolute atomic E-state index is 12.4. The van der Waals surface area contributed by atoms with Crippen LogP contribution < -0.4 is 0 Å². The summed E-state index contributed by atoms with van der Waals surface area (Å²) in [7, 11) is -0.437. The van der Waals surface area contributed by atoms with Gasteiger partial charge in [-0.1, -0.05) is 42.5 Å². The second-order valence-electron chi connectivity index (χ2n) is 7.39. The van der Waals surface area contributed by atoms with Gasteiger partial charge in [-0.15, -0.1) is 0 Å². The van der Waals surface area contributed by atoms with Gasteiger partial charge in [0.1, 0.15) is 0 Å². The maximum Gasteiger partial charge on any atom is 0.314 e. The fourth-order valence-electron chi connectivity index (χ4n) is 2.80. The Kier molecular flexibility index (Phi) is 4.97. The molecule has 0 heterocycles. The quantitative estimate of drug-likeness (QED) is 0.576. The number of carbonyl (C=O) groups excluding carboxylic acids is 1. The van der Waals surface area contributed by atoms with E-state index in [0.29, 0.717) is 0 Å². The lowest BCUT2D eigenvalue weighted by Gasteiger charge is -2.37. The monoisotopic (exact) mass is 330 g/mol. The molecule has 1 unspecified atom stereocenters. The van der Waals surface area contributed by atoms with Crippen LogP contribution in [0, 0.1) is 5.41 Å². The molecule has 0 spiro atoms. The molecule has 0 aromatic heterocycles. The van der Waals surface area contributed by atoms with Crippen molar-refractivity contribution in [3.8, 4) is 0 Å². The molecule has 23 heavy (non-hydrogen) atoms. The Hall–Kier alpha value is -1.65. The fraction of sp³-hybridized carbons (Fsp3) is 0.421. The number of esters is 1. The molecule has 4 heteroatoms. The number of hydrogen-bond acceptors (Lipinski definition) is 3. The molecule has 0 aliphatic carbocycles. The van der Waals surface area contributed by atoms with Gasteiger partial charge in [0.2, 0.25) is 0 Å². The SMILES string of the molecule is COC(=O)C(C)(C)C(O[Si](C)(C)C)c1cccc2ccccc12. The molecule has 0 fully saturated rings. The van der Waals surface area contributed by atoms with E-state index in [-0.39, 0.29) is 12.1 Å². The van der Waals surface area contributed by atoms with Crippen LogP contribution >= 0.6 is 0 Å². The van der Waals surface area contributed by atoms with E-state index in [4.69, 9.17) is 9.16 Å². The van der Waals surface area contributed by atoms with Crippen molar-refractivity contribution in [2.45, 2.75) is 39.6 Å². The Morgan fingerprint density at radius 3 is 2.26 bits per heavy atom. The highest BCUT2D eigenvalue weighted by Crippen LogP contribution is 2.42. The van der Waals surface area contributed by atoms with Crippen LogP contribution in [0.15, 0.2) is 42.5 Å². The second-order valence-corrected chi connectivity index (χ2v) is 11.9. The Morgan fingerprint density at radius 2 is 1.65 bits per heavy atom. The van der Waals surface area contributed by atoms with Crippen molar-refractivity contribution in [3.05, 3.63) is 48.0 Å². The van der Waals surface area contributed by atoms with Crippen LogP contribution in [0.25, 0.3) is 10.8 Å². The molecule has 2 aromatic rings. The summed E-state index contributed by atoms with van der Waals surface area (Å²) >= 11 is 0. The summed E-state index contributed by atoms with van der Waals surface area (Å²) in [4.78, 5) is 12.4. The molecule has 1 atom stereocenters. The van der Waals surface area contributed by atoms with Crippen LogP contribution in [0.1, 0.15) is 25.5 Å².